The predicted octanol–water partition coefficient (Wildman–Crippen LogP) is 0.491. The molecule has 0 radical (unpaired) electrons. The average Bonchev–Trinajstić information content (AvgIpc) is 3.06. The van der Waals surface area contributed by atoms with Gasteiger partial charge in [0.05, 0.1) is 13.5 Å². The van der Waals surface area contributed by atoms with Crippen molar-refractivity contribution in [3.8, 4) is 0 Å². The number of carbonyl (C=O) groups is 3. The van der Waals surface area contributed by atoms with E-state index < -0.39 is 24.0 Å². The molecule has 1 aliphatic carbocycles. The Morgan fingerprint density at radius 2 is 2.11 bits per heavy atom. The highest BCUT2D eigenvalue weighted by Crippen LogP contribution is 2.34. The molecule has 1 rings (SSSR count). The number of methoxy groups -OCH3 is 1. The molecular formula is C12H20N2O5. The summed E-state index contributed by atoms with van der Waals surface area (Å²) >= 11 is 0. The number of urea groups is 1. The smallest absolute Gasteiger partial charge is 0.326 e. The Morgan fingerprint density at radius 1 is 1.42 bits per heavy atom. The summed E-state index contributed by atoms with van der Waals surface area (Å²) in [5, 5.41) is 13.9. The molecule has 7 nitrogen and oxygen atoms in total. The minimum Gasteiger partial charge on any atom is -0.480 e. The molecule has 0 aliphatic heterocycles. The molecule has 0 heterocycles. The van der Waals surface area contributed by atoms with Crippen LogP contribution >= 0.6 is 0 Å². The van der Waals surface area contributed by atoms with Crippen LogP contribution in [0.1, 0.15) is 32.6 Å². The lowest BCUT2D eigenvalue weighted by Gasteiger charge is -2.14. The molecule has 0 aromatic carbocycles. The summed E-state index contributed by atoms with van der Waals surface area (Å²) in [6.45, 7) is 2.08. The van der Waals surface area contributed by atoms with E-state index in [0.717, 1.165) is 19.3 Å². The molecule has 3 atom stereocenters. The van der Waals surface area contributed by atoms with Crippen LogP contribution in [0.15, 0.2) is 0 Å². The highest BCUT2D eigenvalue weighted by molar-refractivity contribution is 5.86. The fraction of sp³-hybridized carbons (Fsp3) is 0.750. The lowest BCUT2D eigenvalue weighted by molar-refractivity contribution is -0.147. The standard InChI is InChI=1S/C12H20N2O5/c1-3-4-7-5-8(7)13-12(18)14-9(11(16)17)6-10(15)19-2/h7-9H,3-6H2,1-2H3,(H,16,17)(H2,13,14,18)/t7?,8?,9-/m0/s1. The summed E-state index contributed by atoms with van der Waals surface area (Å²) in [5.74, 6) is -1.45. The number of carboxylic acid groups (broad SMARTS) is 1. The monoisotopic (exact) mass is 272 g/mol. The molecule has 1 saturated carbocycles. The normalized spacial score (nSPS) is 22.2. The summed E-state index contributed by atoms with van der Waals surface area (Å²) < 4.78 is 4.38. The molecule has 2 unspecified atom stereocenters. The van der Waals surface area contributed by atoms with Crippen LogP contribution in [0, 0.1) is 5.92 Å². The van der Waals surface area contributed by atoms with E-state index in [4.69, 9.17) is 5.11 Å². The average molecular weight is 272 g/mol. The molecule has 1 aliphatic rings. The van der Waals surface area contributed by atoms with Crippen LogP contribution in [0.2, 0.25) is 0 Å². The molecule has 0 spiro atoms. The molecule has 0 saturated heterocycles. The van der Waals surface area contributed by atoms with Crippen molar-refractivity contribution < 1.29 is 24.2 Å². The molecule has 108 valence electrons. The fourth-order valence-corrected chi connectivity index (χ4v) is 1.93. The van der Waals surface area contributed by atoms with Gasteiger partial charge >= 0.3 is 18.0 Å². The first-order valence-electron chi connectivity index (χ1n) is 6.34. The van der Waals surface area contributed by atoms with E-state index in [9.17, 15) is 14.4 Å². The second-order valence-electron chi connectivity index (χ2n) is 4.68. The molecule has 1 fully saturated rings. The molecule has 7 heteroatoms. The summed E-state index contributed by atoms with van der Waals surface area (Å²) in [7, 11) is 1.17. The van der Waals surface area contributed by atoms with Gasteiger partial charge in [0.1, 0.15) is 6.04 Å². The minimum absolute atomic E-state index is 0.118. The Labute approximate surface area is 111 Å². The summed E-state index contributed by atoms with van der Waals surface area (Å²) in [6, 6.07) is -1.71. The maximum absolute atomic E-state index is 11.6. The second kappa shape index (κ2) is 6.96. The van der Waals surface area contributed by atoms with Gasteiger partial charge in [-0.25, -0.2) is 9.59 Å². The van der Waals surface area contributed by atoms with Crippen molar-refractivity contribution in [1.29, 1.82) is 0 Å². The maximum atomic E-state index is 11.6. The van der Waals surface area contributed by atoms with Gasteiger partial charge in [-0.05, 0) is 18.8 Å². The van der Waals surface area contributed by atoms with Gasteiger partial charge in [0, 0.05) is 6.04 Å². The highest BCUT2D eigenvalue weighted by atomic mass is 16.5. The van der Waals surface area contributed by atoms with Crippen LogP contribution in [0.3, 0.4) is 0 Å². The zero-order valence-corrected chi connectivity index (χ0v) is 11.1. The predicted molar refractivity (Wildman–Crippen MR) is 66.5 cm³/mol. The topological polar surface area (TPSA) is 105 Å². The van der Waals surface area contributed by atoms with E-state index in [1.54, 1.807) is 0 Å². The summed E-state index contributed by atoms with van der Waals surface area (Å²) in [4.78, 5) is 33.5. The second-order valence-corrected chi connectivity index (χ2v) is 4.68. The van der Waals surface area contributed by atoms with Crippen LogP contribution in [0.5, 0.6) is 0 Å². The van der Waals surface area contributed by atoms with E-state index in [2.05, 4.69) is 22.3 Å². The van der Waals surface area contributed by atoms with Crippen molar-refractivity contribution in [3.63, 3.8) is 0 Å². The number of amides is 2. The van der Waals surface area contributed by atoms with Crippen LogP contribution in [-0.2, 0) is 14.3 Å². The number of rotatable bonds is 7. The first-order chi connectivity index (χ1) is 8.97. The lowest BCUT2D eigenvalue weighted by atomic mass is 10.2. The molecule has 19 heavy (non-hydrogen) atoms. The van der Waals surface area contributed by atoms with Crippen LogP contribution in [0.25, 0.3) is 0 Å². The van der Waals surface area contributed by atoms with Gasteiger partial charge in [0.2, 0.25) is 0 Å². The SMILES string of the molecule is CCCC1CC1NC(=O)N[C@@H](CC(=O)OC)C(=O)O. The Balaban J connectivity index is 2.36. The molecule has 2 amide bonds. The lowest BCUT2D eigenvalue weighted by Crippen LogP contribution is -2.47. The van der Waals surface area contributed by atoms with Crippen molar-refractivity contribution in [3.05, 3.63) is 0 Å². The third-order valence-corrected chi connectivity index (χ3v) is 3.10. The summed E-state index contributed by atoms with van der Waals surface area (Å²) in [6.07, 6.45) is 2.65. The van der Waals surface area contributed by atoms with Crippen molar-refractivity contribution in [2.75, 3.05) is 7.11 Å². The first-order valence-corrected chi connectivity index (χ1v) is 6.34. The number of carboxylic acids is 1. The fourth-order valence-electron chi connectivity index (χ4n) is 1.93. The van der Waals surface area contributed by atoms with Gasteiger partial charge in [-0.1, -0.05) is 13.3 Å². The van der Waals surface area contributed by atoms with Gasteiger partial charge in [-0.3, -0.25) is 4.79 Å². The third-order valence-electron chi connectivity index (χ3n) is 3.10. The zero-order chi connectivity index (χ0) is 14.4. The van der Waals surface area contributed by atoms with E-state index in [0.29, 0.717) is 5.92 Å². The van der Waals surface area contributed by atoms with Crippen molar-refractivity contribution in [2.24, 2.45) is 5.92 Å². The van der Waals surface area contributed by atoms with E-state index in [1.165, 1.54) is 7.11 Å². The van der Waals surface area contributed by atoms with Crippen LogP contribution < -0.4 is 10.6 Å². The Bertz CT molecular complexity index is 358. The summed E-state index contributed by atoms with van der Waals surface area (Å²) in [5.41, 5.74) is 0. The largest absolute Gasteiger partial charge is 0.480 e. The molecule has 0 aromatic rings. The van der Waals surface area contributed by atoms with Gasteiger partial charge in [-0.2, -0.15) is 0 Å². The van der Waals surface area contributed by atoms with Crippen molar-refractivity contribution in [2.45, 2.75) is 44.7 Å². The number of esters is 1. The minimum atomic E-state index is -1.27. The molecule has 0 bridgehead atoms. The maximum Gasteiger partial charge on any atom is 0.326 e. The van der Waals surface area contributed by atoms with Crippen LogP contribution in [-0.4, -0.2) is 42.3 Å². The van der Waals surface area contributed by atoms with Crippen LogP contribution in [0.4, 0.5) is 4.79 Å². The van der Waals surface area contributed by atoms with Gasteiger partial charge in [0.25, 0.3) is 0 Å². The van der Waals surface area contributed by atoms with E-state index in [-0.39, 0.29) is 12.5 Å². The van der Waals surface area contributed by atoms with Gasteiger partial charge in [0.15, 0.2) is 0 Å². The number of hydrogen-bond donors (Lipinski definition) is 3. The number of nitrogens with one attached hydrogen (secondary N) is 2. The number of carbonyl (C=O) groups excluding carboxylic acids is 2. The Kier molecular flexibility index (Phi) is 5.59. The Morgan fingerprint density at radius 3 is 2.63 bits per heavy atom. The number of ether oxygens (including phenoxy) is 1. The van der Waals surface area contributed by atoms with Gasteiger partial charge < -0.3 is 20.5 Å². The third kappa shape index (κ3) is 5.15. The first kappa shape index (κ1) is 15.3. The molecule has 0 aromatic heterocycles. The highest BCUT2D eigenvalue weighted by Gasteiger charge is 2.37. The van der Waals surface area contributed by atoms with Crippen molar-refractivity contribution >= 4 is 18.0 Å². The zero-order valence-electron chi connectivity index (χ0n) is 11.1. The number of hydrogen-bond acceptors (Lipinski definition) is 4. The van der Waals surface area contributed by atoms with E-state index in [1.807, 2.05) is 0 Å². The molecular weight excluding hydrogens is 252 g/mol. The van der Waals surface area contributed by atoms with Gasteiger partial charge in [-0.15, -0.1) is 0 Å². The quantitative estimate of drug-likeness (QED) is 0.585. The molecule has 3 N–H and O–H groups in total. The number of aliphatic carboxylic acids is 1. The van der Waals surface area contributed by atoms with Crippen molar-refractivity contribution in [1.82, 2.24) is 10.6 Å². The Hall–Kier alpha value is -1.79. The van der Waals surface area contributed by atoms with E-state index >= 15 is 0 Å².